The van der Waals surface area contributed by atoms with Gasteiger partial charge in [-0.3, -0.25) is 9.78 Å². The van der Waals surface area contributed by atoms with Gasteiger partial charge in [0.15, 0.2) is 5.82 Å². The molecule has 92 valence electrons. The Hall–Kier alpha value is -0.970. The van der Waals surface area contributed by atoms with Crippen molar-refractivity contribution < 1.29 is 9.18 Å². The largest absolute Gasteiger partial charge is 0.335 e. The molecule has 2 rings (SSSR count). The second-order valence-electron chi connectivity index (χ2n) is 4.13. The summed E-state index contributed by atoms with van der Waals surface area (Å²) in [6.45, 7) is 0.616. The van der Waals surface area contributed by atoms with Crippen LogP contribution in [-0.2, 0) is 0 Å². The van der Waals surface area contributed by atoms with Crippen LogP contribution in [0.4, 0.5) is 4.39 Å². The molecule has 1 saturated carbocycles. The van der Waals surface area contributed by atoms with E-state index in [-0.39, 0.29) is 17.5 Å². The van der Waals surface area contributed by atoms with E-state index in [0.717, 1.165) is 25.5 Å². The van der Waals surface area contributed by atoms with E-state index in [1.807, 2.05) is 0 Å². The Morgan fingerprint density at radius 3 is 2.88 bits per heavy atom. The smallest absolute Gasteiger partial charge is 0.257 e. The molecule has 1 fully saturated rings. The summed E-state index contributed by atoms with van der Waals surface area (Å²) >= 11 is 3.33. The highest BCUT2D eigenvalue weighted by Gasteiger charge is 2.29. The molecule has 0 N–H and O–H groups in total. The average molecular weight is 301 g/mol. The van der Waals surface area contributed by atoms with Gasteiger partial charge in [-0.15, -0.1) is 0 Å². The zero-order chi connectivity index (χ0) is 12.3. The van der Waals surface area contributed by atoms with E-state index in [0.29, 0.717) is 11.9 Å². The van der Waals surface area contributed by atoms with E-state index < -0.39 is 5.82 Å². The van der Waals surface area contributed by atoms with Crippen LogP contribution in [0.15, 0.2) is 18.5 Å². The predicted octanol–water partition coefficient (Wildman–Crippen LogP) is 2.61. The fourth-order valence-electron chi connectivity index (χ4n) is 1.94. The van der Waals surface area contributed by atoms with Crippen LogP contribution in [0.2, 0.25) is 0 Å². The van der Waals surface area contributed by atoms with Gasteiger partial charge in [0.2, 0.25) is 0 Å². The van der Waals surface area contributed by atoms with E-state index >= 15 is 0 Å². The van der Waals surface area contributed by atoms with Gasteiger partial charge < -0.3 is 4.90 Å². The number of amides is 1. The van der Waals surface area contributed by atoms with Crippen LogP contribution < -0.4 is 0 Å². The van der Waals surface area contributed by atoms with Crippen molar-refractivity contribution >= 4 is 21.8 Å². The van der Waals surface area contributed by atoms with E-state index in [9.17, 15) is 9.18 Å². The Bertz CT molecular complexity index is 409. The Balaban J connectivity index is 2.18. The molecule has 17 heavy (non-hydrogen) atoms. The maximum absolute atomic E-state index is 13.5. The van der Waals surface area contributed by atoms with Crippen molar-refractivity contribution in [1.82, 2.24) is 9.88 Å². The average Bonchev–Trinajstić information content (AvgIpc) is 2.26. The zero-order valence-corrected chi connectivity index (χ0v) is 11.0. The quantitative estimate of drug-likeness (QED) is 0.801. The van der Waals surface area contributed by atoms with Gasteiger partial charge in [0.1, 0.15) is 0 Å². The summed E-state index contributed by atoms with van der Waals surface area (Å²) in [5, 5.41) is 0.710. The predicted molar refractivity (Wildman–Crippen MR) is 66.7 cm³/mol. The van der Waals surface area contributed by atoms with Gasteiger partial charge in [-0.25, -0.2) is 4.39 Å². The highest BCUT2D eigenvalue weighted by atomic mass is 79.9. The minimum absolute atomic E-state index is 0.118. The lowest BCUT2D eigenvalue weighted by Crippen LogP contribution is -2.45. The molecule has 1 aromatic rings. The molecule has 0 bridgehead atoms. The molecule has 3 nitrogen and oxygen atoms in total. The van der Waals surface area contributed by atoms with E-state index in [1.165, 1.54) is 12.3 Å². The van der Waals surface area contributed by atoms with Crippen LogP contribution in [-0.4, -0.2) is 33.7 Å². The Morgan fingerprint density at radius 1 is 1.59 bits per heavy atom. The van der Waals surface area contributed by atoms with E-state index in [4.69, 9.17) is 0 Å². The lowest BCUT2D eigenvalue weighted by molar-refractivity contribution is 0.0594. The highest BCUT2D eigenvalue weighted by Crippen LogP contribution is 2.26. The third kappa shape index (κ3) is 2.65. The molecule has 0 saturated heterocycles. The van der Waals surface area contributed by atoms with Gasteiger partial charge >= 0.3 is 0 Å². The van der Waals surface area contributed by atoms with E-state index in [2.05, 4.69) is 20.9 Å². The normalized spacial score (nSPS) is 15.4. The fourth-order valence-corrected chi connectivity index (χ4v) is 2.32. The molecule has 1 aliphatic rings. The van der Waals surface area contributed by atoms with Crippen LogP contribution in [0.25, 0.3) is 0 Å². The molecule has 0 aliphatic heterocycles. The Kier molecular flexibility index (Phi) is 4.10. The first-order valence-corrected chi connectivity index (χ1v) is 6.82. The van der Waals surface area contributed by atoms with Crippen molar-refractivity contribution in [3.8, 4) is 0 Å². The first-order valence-electron chi connectivity index (χ1n) is 5.70. The van der Waals surface area contributed by atoms with Gasteiger partial charge in [-0.1, -0.05) is 15.9 Å². The topological polar surface area (TPSA) is 33.2 Å². The molecular weight excluding hydrogens is 287 g/mol. The number of carbonyl (C=O) groups is 1. The second-order valence-corrected chi connectivity index (χ2v) is 4.92. The summed E-state index contributed by atoms with van der Waals surface area (Å²) in [5.41, 5.74) is 0.118. The third-order valence-electron chi connectivity index (χ3n) is 3.10. The molecule has 0 aromatic carbocycles. The molecule has 1 aromatic heterocycles. The van der Waals surface area contributed by atoms with Gasteiger partial charge in [-0.2, -0.15) is 0 Å². The lowest BCUT2D eigenvalue weighted by atomic mass is 9.91. The number of rotatable bonds is 4. The molecule has 1 heterocycles. The molecule has 0 spiro atoms. The SMILES string of the molecule is O=C(c1ccncc1F)N(CCBr)C1CCC1. The van der Waals surface area contributed by atoms with E-state index in [1.54, 1.807) is 4.90 Å². The van der Waals surface area contributed by atoms with Crippen LogP contribution in [0, 0.1) is 5.82 Å². The summed E-state index contributed by atoms with van der Waals surface area (Å²) in [6, 6.07) is 1.71. The minimum atomic E-state index is -0.545. The van der Waals surface area contributed by atoms with Crippen molar-refractivity contribution in [2.45, 2.75) is 25.3 Å². The van der Waals surface area contributed by atoms with Gasteiger partial charge in [0.05, 0.1) is 11.8 Å². The standard InChI is InChI=1S/C12H14BrFN2O/c13-5-7-16(9-2-1-3-9)12(17)10-4-6-15-8-11(10)14/h4,6,8-9H,1-3,5,7H2. The minimum Gasteiger partial charge on any atom is -0.335 e. The van der Waals surface area contributed by atoms with Crippen molar-refractivity contribution in [3.63, 3.8) is 0 Å². The molecule has 1 aliphatic carbocycles. The van der Waals surface area contributed by atoms with Crippen LogP contribution in [0.3, 0.4) is 0 Å². The maximum atomic E-state index is 13.5. The number of alkyl halides is 1. The van der Waals surface area contributed by atoms with Gasteiger partial charge in [-0.05, 0) is 25.3 Å². The number of aromatic nitrogens is 1. The molecule has 1 amide bonds. The van der Waals surface area contributed by atoms with Gasteiger partial charge in [0.25, 0.3) is 5.91 Å². The Labute approximate surface area is 108 Å². The molecule has 5 heteroatoms. The summed E-state index contributed by atoms with van der Waals surface area (Å²) < 4.78 is 13.5. The number of halogens is 2. The summed E-state index contributed by atoms with van der Waals surface area (Å²) in [7, 11) is 0. The highest BCUT2D eigenvalue weighted by molar-refractivity contribution is 9.09. The first kappa shape index (κ1) is 12.5. The van der Waals surface area contributed by atoms with Gasteiger partial charge in [0, 0.05) is 24.1 Å². The summed E-state index contributed by atoms with van der Waals surface area (Å²) in [6.07, 6.45) is 5.72. The number of pyridine rings is 1. The third-order valence-corrected chi connectivity index (χ3v) is 3.46. The van der Waals surface area contributed by atoms with Crippen molar-refractivity contribution in [2.75, 3.05) is 11.9 Å². The molecule has 0 unspecified atom stereocenters. The maximum Gasteiger partial charge on any atom is 0.257 e. The number of hydrogen-bond acceptors (Lipinski definition) is 2. The van der Waals surface area contributed by atoms with Crippen molar-refractivity contribution in [3.05, 3.63) is 29.8 Å². The zero-order valence-electron chi connectivity index (χ0n) is 9.40. The van der Waals surface area contributed by atoms with Crippen LogP contribution in [0.1, 0.15) is 29.6 Å². The van der Waals surface area contributed by atoms with Crippen molar-refractivity contribution in [2.24, 2.45) is 0 Å². The van der Waals surface area contributed by atoms with Crippen LogP contribution in [0.5, 0.6) is 0 Å². The number of carbonyl (C=O) groups excluding carboxylic acids is 1. The fraction of sp³-hybridized carbons (Fsp3) is 0.500. The van der Waals surface area contributed by atoms with Crippen molar-refractivity contribution in [1.29, 1.82) is 0 Å². The summed E-state index contributed by atoms with van der Waals surface area (Å²) in [4.78, 5) is 17.6. The lowest BCUT2D eigenvalue weighted by Gasteiger charge is -2.37. The number of nitrogens with zero attached hydrogens (tertiary/aromatic N) is 2. The summed E-state index contributed by atoms with van der Waals surface area (Å²) in [5.74, 6) is -0.773. The monoisotopic (exact) mass is 300 g/mol. The molecular formula is C12H14BrFN2O. The second kappa shape index (κ2) is 5.58. The van der Waals surface area contributed by atoms with Crippen LogP contribution >= 0.6 is 15.9 Å². The first-order chi connectivity index (χ1) is 8.24. The molecule has 0 radical (unpaired) electrons. The molecule has 0 atom stereocenters. The Morgan fingerprint density at radius 2 is 2.35 bits per heavy atom. The number of hydrogen-bond donors (Lipinski definition) is 0.